The lowest BCUT2D eigenvalue weighted by atomic mass is 10.0. The SMILES string of the molecule is c1ccc(OCCC(OC(CCOc2ccccc2)c2ccccc2)c2ccccc2)cc1. The van der Waals surface area contributed by atoms with Crippen LogP contribution in [0.25, 0.3) is 0 Å². The second kappa shape index (κ2) is 12.5. The molecular formula is C30H30O3. The van der Waals surface area contributed by atoms with Crippen LogP contribution in [-0.2, 0) is 4.74 Å². The topological polar surface area (TPSA) is 27.7 Å². The average molecular weight is 439 g/mol. The average Bonchev–Trinajstić information content (AvgIpc) is 2.89. The first kappa shape index (κ1) is 22.6. The quantitative estimate of drug-likeness (QED) is 0.230. The molecule has 0 radical (unpaired) electrons. The van der Waals surface area contributed by atoms with E-state index in [9.17, 15) is 0 Å². The number of ether oxygens (including phenoxy) is 3. The van der Waals surface area contributed by atoms with E-state index >= 15 is 0 Å². The van der Waals surface area contributed by atoms with Crippen molar-refractivity contribution in [3.8, 4) is 11.5 Å². The monoisotopic (exact) mass is 438 g/mol. The molecule has 2 atom stereocenters. The molecule has 3 nitrogen and oxygen atoms in total. The molecule has 0 spiro atoms. The molecule has 4 aromatic carbocycles. The normalized spacial score (nSPS) is 12.6. The second-order valence-corrected chi connectivity index (χ2v) is 7.84. The molecule has 0 aliphatic rings. The largest absolute Gasteiger partial charge is 0.493 e. The van der Waals surface area contributed by atoms with Gasteiger partial charge in [0.25, 0.3) is 0 Å². The number of benzene rings is 4. The molecule has 4 aromatic rings. The van der Waals surface area contributed by atoms with E-state index in [1.807, 2.05) is 72.8 Å². The van der Waals surface area contributed by atoms with Gasteiger partial charge >= 0.3 is 0 Å². The highest BCUT2D eigenvalue weighted by Gasteiger charge is 2.20. The lowest BCUT2D eigenvalue weighted by Crippen LogP contribution is -2.16. The van der Waals surface area contributed by atoms with Crippen LogP contribution < -0.4 is 9.47 Å². The van der Waals surface area contributed by atoms with Crippen LogP contribution in [0.1, 0.15) is 36.2 Å². The van der Waals surface area contributed by atoms with Crippen molar-refractivity contribution in [2.24, 2.45) is 0 Å². The van der Waals surface area contributed by atoms with Crippen LogP contribution in [0, 0.1) is 0 Å². The Bertz CT molecular complexity index is 950. The molecule has 0 bridgehead atoms. The van der Waals surface area contributed by atoms with Crippen molar-refractivity contribution in [3.05, 3.63) is 132 Å². The van der Waals surface area contributed by atoms with Crippen LogP contribution >= 0.6 is 0 Å². The smallest absolute Gasteiger partial charge is 0.119 e. The van der Waals surface area contributed by atoms with Crippen LogP contribution in [-0.4, -0.2) is 13.2 Å². The van der Waals surface area contributed by atoms with Gasteiger partial charge in [0.1, 0.15) is 11.5 Å². The van der Waals surface area contributed by atoms with Gasteiger partial charge < -0.3 is 14.2 Å². The first-order chi connectivity index (χ1) is 16.4. The van der Waals surface area contributed by atoms with E-state index in [2.05, 4.69) is 48.5 Å². The van der Waals surface area contributed by atoms with Crippen LogP contribution in [0.5, 0.6) is 11.5 Å². The zero-order valence-corrected chi connectivity index (χ0v) is 18.8. The minimum Gasteiger partial charge on any atom is -0.493 e. The molecule has 0 aliphatic carbocycles. The van der Waals surface area contributed by atoms with E-state index in [0.29, 0.717) is 13.2 Å². The van der Waals surface area contributed by atoms with Gasteiger partial charge in [0.2, 0.25) is 0 Å². The van der Waals surface area contributed by atoms with Crippen molar-refractivity contribution in [2.45, 2.75) is 25.0 Å². The zero-order valence-electron chi connectivity index (χ0n) is 18.8. The summed E-state index contributed by atoms with van der Waals surface area (Å²) >= 11 is 0. The summed E-state index contributed by atoms with van der Waals surface area (Å²) in [5.41, 5.74) is 2.30. The summed E-state index contributed by atoms with van der Waals surface area (Å²) < 4.78 is 18.7. The van der Waals surface area contributed by atoms with Crippen molar-refractivity contribution in [2.75, 3.05) is 13.2 Å². The third-order valence-electron chi connectivity index (χ3n) is 5.46. The van der Waals surface area contributed by atoms with Gasteiger partial charge in [-0.25, -0.2) is 0 Å². The van der Waals surface area contributed by atoms with Gasteiger partial charge in [0, 0.05) is 12.8 Å². The highest BCUT2D eigenvalue weighted by Crippen LogP contribution is 2.32. The Morgan fingerprint density at radius 2 is 0.758 bits per heavy atom. The van der Waals surface area contributed by atoms with Gasteiger partial charge in [0.15, 0.2) is 0 Å². The Morgan fingerprint density at radius 3 is 1.12 bits per heavy atom. The Morgan fingerprint density at radius 1 is 0.424 bits per heavy atom. The van der Waals surface area contributed by atoms with Crippen molar-refractivity contribution < 1.29 is 14.2 Å². The van der Waals surface area contributed by atoms with Crippen molar-refractivity contribution in [1.29, 1.82) is 0 Å². The molecule has 0 fully saturated rings. The maximum Gasteiger partial charge on any atom is 0.119 e. The molecule has 0 N–H and O–H groups in total. The Kier molecular flexibility index (Phi) is 8.55. The highest BCUT2D eigenvalue weighted by molar-refractivity contribution is 5.23. The molecule has 168 valence electrons. The minimum atomic E-state index is -0.0863. The van der Waals surface area contributed by atoms with Crippen LogP contribution in [0.2, 0.25) is 0 Å². The first-order valence-electron chi connectivity index (χ1n) is 11.5. The van der Waals surface area contributed by atoms with Gasteiger partial charge in [0.05, 0.1) is 25.4 Å². The predicted molar refractivity (Wildman–Crippen MR) is 133 cm³/mol. The molecular weight excluding hydrogens is 408 g/mol. The number of rotatable bonds is 12. The van der Waals surface area contributed by atoms with E-state index in [1.54, 1.807) is 0 Å². The summed E-state index contributed by atoms with van der Waals surface area (Å²) in [5.74, 6) is 1.75. The third-order valence-corrected chi connectivity index (χ3v) is 5.46. The summed E-state index contributed by atoms with van der Waals surface area (Å²) in [6.07, 6.45) is 1.33. The standard InChI is InChI=1S/C30H30O3/c1-5-13-25(14-6-1)29(21-23-31-27-17-9-3-10-18-27)33-30(26-15-7-2-8-16-26)22-24-32-28-19-11-4-12-20-28/h1-20,29-30H,21-24H2. The number of para-hydroxylation sites is 2. The van der Waals surface area contributed by atoms with Crippen LogP contribution in [0.3, 0.4) is 0 Å². The summed E-state index contributed by atoms with van der Waals surface area (Å²) in [5, 5.41) is 0. The number of hydrogen-bond donors (Lipinski definition) is 0. The fourth-order valence-corrected chi connectivity index (χ4v) is 3.76. The van der Waals surface area contributed by atoms with Crippen molar-refractivity contribution in [3.63, 3.8) is 0 Å². The zero-order chi connectivity index (χ0) is 22.6. The van der Waals surface area contributed by atoms with Gasteiger partial charge in [-0.2, -0.15) is 0 Å². The minimum absolute atomic E-state index is 0.0863. The van der Waals surface area contributed by atoms with E-state index in [-0.39, 0.29) is 12.2 Å². The maximum absolute atomic E-state index is 6.74. The molecule has 0 saturated heterocycles. The maximum atomic E-state index is 6.74. The molecule has 3 heteroatoms. The van der Waals surface area contributed by atoms with Gasteiger partial charge in [-0.3, -0.25) is 0 Å². The molecule has 0 heterocycles. The van der Waals surface area contributed by atoms with Crippen molar-refractivity contribution in [1.82, 2.24) is 0 Å². The summed E-state index contributed by atoms with van der Waals surface area (Å²) in [7, 11) is 0. The molecule has 0 saturated carbocycles. The van der Waals surface area contributed by atoms with E-state index in [0.717, 1.165) is 35.5 Å². The molecule has 0 amide bonds. The van der Waals surface area contributed by atoms with Gasteiger partial charge in [-0.1, -0.05) is 97.1 Å². The predicted octanol–water partition coefficient (Wildman–Crippen LogP) is 7.42. The lowest BCUT2D eigenvalue weighted by Gasteiger charge is -2.26. The van der Waals surface area contributed by atoms with Gasteiger partial charge in [-0.15, -0.1) is 0 Å². The van der Waals surface area contributed by atoms with Crippen LogP contribution in [0.15, 0.2) is 121 Å². The Balaban J connectivity index is 1.45. The van der Waals surface area contributed by atoms with Crippen LogP contribution in [0.4, 0.5) is 0 Å². The van der Waals surface area contributed by atoms with E-state index in [4.69, 9.17) is 14.2 Å². The first-order valence-corrected chi connectivity index (χ1v) is 11.5. The van der Waals surface area contributed by atoms with Gasteiger partial charge in [-0.05, 0) is 35.4 Å². The fourth-order valence-electron chi connectivity index (χ4n) is 3.76. The summed E-state index contributed by atoms with van der Waals surface area (Å²) in [6, 6.07) is 40.6. The van der Waals surface area contributed by atoms with E-state index < -0.39 is 0 Å². The molecule has 2 unspecified atom stereocenters. The molecule has 4 rings (SSSR count). The van der Waals surface area contributed by atoms with E-state index in [1.165, 1.54) is 0 Å². The second-order valence-electron chi connectivity index (χ2n) is 7.84. The Hall–Kier alpha value is -3.56. The summed E-state index contributed by atoms with van der Waals surface area (Å²) in [4.78, 5) is 0. The molecule has 0 aromatic heterocycles. The molecule has 0 aliphatic heterocycles. The highest BCUT2D eigenvalue weighted by atomic mass is 16.5. The third kappa shape index (κ3) is 7.23. The Labute approximate surface area is 196 Å². The number of hydrogen-bond acceptors (Lipinski definition) is 3. The fraction of sp³-hybridized carbons (Fsp3) is 0.200. The molecule has 33 heavy (non-hydrogen) atoms. The van der Waals surface area contributed by atoms with Crippen molar-refractivity contribution >= 4 is 0 Å². The summed E-state index contributed by atoms with van der Waals surface area (Å²) in [6.45, 7) is 1.15. The lowest BCUT2D eigenvalue weighted by molar-refractivity contribution is -0.0342.